The molecule has 0 spiro atoms. The highest BCUT2D eigenvalue weighted by molar-refractivity contribution is 5.83. The van der Waals surface area contributed by atoms with E-state index in [1.165, 1.54) is 4.57 Å². The molecule has 0 radical (unpaired) electrons. The number of aryl methyl sites for hydroxylation is 1. The summed E-state index contributed by atoms with van der Waals surface area (Å²) in [5, 5.41) is 19.6. The molecule has 3 heterocycles. The van der Waals surface area contributed by atoms with Gasteiger partial charge in [0.25, 0.3) is 5.56 Å². The number of aromatic amines is 1. The Balaban J connectivity index is 1.88. The molecule has 1 fully saturated rings. The van der Waals surface area contributed by atoms with Crippen LogP contribution in [0.25, 0.3) is 22.2 Å². The Morgan fingerprint density at radius 3 is 2.77 bits per heavy atom. The van der Waals surface area contributed by atoms with Crippen molar-refractivity contribution in [2.45, 2.75) is 24.9 Å². The smallest absolute Gasteiger partial charge is 0.330 e. The third kappa shape index (κ3) is 2.59. The van der Waals surface area contributed by atoms with Crippen LogP contribution in [0.2, 0.25) is 0 Å². The van der Waals surface area contributed by atoms with Crippen LogP contribution in [0.3, 0.4) is 0 Å². The maximum Gasteiger partial charge on any atom is 0.330 e. The van der Waals surface area contributed by atoms with Crippen molar-refractivity contribution in [2.24, 2.45) is 7.05 Å². The van der Waals surface area contributed by atoms with Crippen molar-refractivity contribution in [3.8, 4) is 11.3 Å². The minimum atomic E-state index is -0.874. The SMILES string of the molecule is Cn1cccc1-c1ccc2c(c1)c(=O)[nH]c(=O)n2[C@H]1C[C@H](O)[C@@H](CO)O1. The molecule has 8 heteroatoms. The molecule has 136 valence electrons. The Morgan fingerprint density at radius 1 is 1.31 bits per heavy atom. The lowest BCUT2D eigenvalue weighted by molar-refractivity contribution is -0.0443. The fourth-order valence-electron chi connectivity index (χ4n) is 3.51. The topological polar surface area (TPSA) is 109 Å². The van der Waals surface area contributed by atoms with Crippen LogP contribution in [0.1, 0.15) is 12.6 Å². The minimum Gasteiger partial charge on any atom is -0.394 e. The summed E-state index contributed by atoms with van der Waals surface area (Å²) in [6, 6.07) is 9.12. The molecule has 0 aliphatic carbocycles. The minimum absolute atomic E-state index is 0.159. The zero-order chi connectivity index (χ0) is 18.4. The second-order valence-electron chi connectivity index (χ2n) is 6.48. The van der Waals surface area contributed by atoms with E-state index in [4.69, 9.17) is 4.74 Å². The standard InChI is InChI=1S/C18H19N3O5/c1-20-6-2-3-12(20)10-4-5-13-11(7-10)17(24)19-18(25)21(13)16-8-14(23)15(9-22)26-16/h2-7,14-16,22-23H,8-9H2,1H3,(H,19,24,25)/t14-,15+,16+/m0/s1. The van der Waals surface area contributed by atoms with Gasteiger partial charge in [-0.1, -0.05) is 6.07 Å². The summed E-state index contributed by atoms with van der Waals surface area (Å²) in [4.78, 5) is 27.1. The second-order valence-corrected chi connectivity index (χ2v) is 6.48. The van der Waals surface area contributed by atoms with Gasteiger partial charge in [0.2, 0.25) is 0 Å². The van der Waals surface area contributed by atoms with Gasteiger partial charge < -0.3 is 19.5 Å². The molecule has 8 nitrogen and oxygen atoms in total. The van der Waals surface area contributed by atoms with Crippen LogP contribution in [-0.4, -0.2) is 43.1 Å². The van der Waals surface area contributed by atoms with E-state index in [-0.39, 0.29) is 13.0 Å². The zero-order valence-corrected chi connectivity index (χ0v) is 14.1. The van der Waals surface area contributed by atoms with E-state index in [0.717, 1.165) is 11.3 Å². The van der Waals surface area contributed by atoms with Gasteiger partial charge >= 0.3 is 5.69 Å². The number of hydrogen-bond acceptors (Lipinski definition) is 5. The molecule has 4 rings (SSSR count). The van der Waals surface area contributed by atoms with Crippen molar-refractivity contribution in [3.63, 3.8) is 0 Å². The average molecular weight is 357 g/mol. The molecule has 0 bridgehead atoms. The summed E-state index contributed by atoms with van der Waals surface area (Å²) in [6.07, 6.45) is -0.313. The fraction of sp³-hybridized carbons (Fsp3) is 0.333. The van der Waals surface area contributed by atoms with Gasteiger partial charge in [-0.05, 0) is 29.8 Å². The maximum absolute atomic E-state index is 12.4. The highest BCUT2D eigenvalue weighted by Gasteiger charge is 2.35. The van der Waals surface area contributed by atoms with Crippen molar-refractivity contribution in [3.05, 3.63) is 57.4 Å². The molecule has 1 aromatic carbocycles. The van der Waals surface area contributed by atoms with E-state index in [0.29, 0.717) is 10.9 Å². The summed E-state index contributed by atoms with van der Waals surface area (Å²) in [5.74, 6) is 0. The number of nitrogens with zero attached hydrogens (tertiary/aromatic N) is 2. The number of benzene rings is 1. The first-order valence-corrected chi connectivity index (χ1v) is 8.34. The van der Waals surface area contributed by atoms with Crippen LogP contribution in [-0.2, 0) is 11.8 Å². The number of aliphatic hydroxyl groups is 2. The molecular formula is C18H19N3O5. The Bertz CT molecular complexity index is 1080. The first-order valence-electron chi connectivity index (χ1n) is 8.34. The Labute approximate surface area is 147 Å². The number of ether oxygens (including phenoxy) is 1. The summed E-state index contributed by atoms with van der Waals surface area (Å²) < 4.78 is 8.86. The van der Waals surface area contributed by atoms with Gasteiger partial charge in [-0.2, -0.15) is 0 Å². The molecule has 0 unspecified atom stereocenters. The molecule has 1 aliphatic heterocycles. The molecule has 2 aromatic heterocycles. The lowest BCUT2D eigenvalue weighted by Gasteiger charge is -2.17. The second kappa shape index (κ2) is 6.24. The van der Waals surface area contributed by atoms with Gasteiger partial charge in [0.1, 0.15) is 12.3 Å². The molecule has 0 saturated carbocycles. The Kier molecular flexibility index (Phi) is 4.03. The number of hydrogen-bond donors (Lipinski definition) is 3. The molecule has 3 N–H and O–H groups in total. The van der Waals surface area contributed by atoms with Crippen molar-refractivity contribution >= 4 is 10.9 Å². The van der Waals surface area contributed by atoms with Gasteiger partial charge in [-0.3, -0.25) is 14.3 Å². The fourth-order valence-corrected chi connectivity index (χ4v) is 3.51. The van der Waals surface area contributed by atoms with E-state index >= 15 is 0 Å². The molecule has 1 saturated heterocycles. The number of fused-ring (bicyclic) bond motifs is 1. The van der Waals surface area contributed by atoms with Crippen LogP contribution in [0.4, 0.5) is 0 Å². The van der Waals surface area contributed by atoms with Crippen molar-refractivity contribution in [1.29, 1.82) is 0 Å². The van der Waals surface area contributed by atoms with Crippen molar-refractivity contribution in [2.75, 3.05) is 6.61 Å². The van der Waals surface area contributed by atoms with Gasteiger partial charge in [-0.15, -0.1) is 0 Å². The summed E-state index contributed by atoms with van der Waals surface area (Å²) in [5.41, 5.74) is 1.13. The largest absolute Gasteiger partial charge is 0.394 e. The lowest BCUT2D eigenvalue weighted by atomic mass is 10.1. The molecule has 0 amide bonds. The van der Waals surface area contributed by atoms with Gasteiger partial charge in [0, 0.05) is 25.4 Å². The number of aromatic nitrogens is 3. The summed E-state index contributed by atoms with van der Waals surface area (Å²) in [6.45, 7) is -0.342. The first kappa shape index (κ1) is 16.8. The van der Waals surface area contributed by atoms with E-state index in [2.05, 4.69) is 4.98 Å². The lowest BCUT2D eigenvalue weighted by Crippen LogP contribution is -2.33. The third-order valence-electron chi connectivity index (χ3n) is 4.85. The van der Waals surface area contributed by atoms with E-state index in [1.54, 1.807) is 12.1 Å². The van der Waals surface area contributed by atoms with E-state index in [9.17, 15) is 19.8 Å². The highest BCUT2D eigenvalue weighted by atomic mass is 16.5. The van der Waals surface area contributed by atoms with Crippen LogP contribution >= 0.6 is 0 Å². The molecule has 3 atom stereocenters. The average Bonchev–Trinajstić information content (AvgIpc) is 3.20. The number of nitrogens with one attached hydrogen (secondary N) is 1. The summed E-state index contributed by atoms with van der Waals surface area (Å²) >= 11 is 0. The number of H-pyrrole nitrogens is 1. The van der Waals surface area contributed by atoms with Gasteiger partial charge in [0.05, 0.1) is 23.6 Å². The van der Waals surface area contributed by atoms with Crippen LogP contribution in [0.15, 0.2) is 46.1 Å². The van der Waals surface area contributed by atoms with Crippen molar-refractivity contribution in [1.82, 2.24) is 14.1 Å². The van der Waals surface area contributed by atoms with Crippen LogP contribution in [0, 0.1) is 0 Å². The third-order valence-corrected chi connectivity index (χ3v) is 4.85. The normalized spacial score (nSPS) is 23.0. The molecular weight excluding hydrogens is 338 g/mol. The predicted octanol–water partition coefficient (Wildman–Crippen LogP) is 0.336. The van der Waals surface area contributed by atoms with Crippen LogP contribution in [0.5, 0.6) is 0 Å². The quantitative estimate of drug-likeness (QED) is 0.626. The molecule has 26 heavy (non-hydrogen) atoms. The maximum atomic E-state index is 12.4. The molecule has 1 aliphatic rings. The monoisotopic (exact) mass is 357 g/mol. The van der Waals surface area contributed by atoms with E-state index < -0.39 is 29.7 Å². The van der Waals surface area contributed by atoms with Crippen LogP contribution < -0.4 is 11.2 Å². The van der Waals surface area contributed by atoms with E-state index in [1.807, 2.05) is 36.0 Å². The zero-order valence-electron chi connectivity index (χ0n) is 14.1. The highest BCUT2D eigenvalue weighted by Crippen LogP contribution is 2.30. The molecule has 3 aromatic rings. The summed E-state index contributed by atoms with van der Waals surface area (Å²) in [7, 11) is 1.91. The first-order chi connectivity index (χ1) is 12.5. The van der Waals surface area contributed by atoms with Gasteiger partial charge in [0.15, 0.2) is 0 Å². The Hall–Kier alpha value is -2.68. The number of aliphatic hydroxyl groups excluding tert-OH is 2. The number of rotatable bonds is 3. The van der Waals surface area contributed by atoms with Gasteiger partial charge in [-0.25, -0.2) is 4.79 Å². The van der Waals surface area contributed by atoms with Crippen molar-refractivity contribution < 1.29 is 14.9 Å². The Morgan fingerprint density at radius 2 is 2.12 bits per heavy atom. The predicted molar refractivity (Wildman–Crippen MR) is 94.9 cm³/mol.